The maximum absolute atomic E-state index is 13.1. The van der Waals surface area contributed by atoms with Crippen molar-refractivity contribution in [2.75, 3.05) is 25.6 Å². The Bertz CT molecular complexity index is 1130. The number of anilines is 1. The Morgan fingerprint density at radius 1 is 1.38 bits per heavy atom. The van der Waals surface area contributed by atoms with E-state index in [4.69, 9.17) is 25.8 Å². The van der Waals surface area contributed by atoms with E-state index in [1.807, 2.05) is 6.92 Å². The van der Waals surface area contributed by atoms with Crippen molar-refractivity contribution in [3.05, 3.63) is 40.9 Å². The molecule has 1 amide bonds. The molecule has 4 heterocycles. The zero-order chi connectivity index (χ0) is 22.7. The van der Waals surface area contributed by atoms with Gasteiger partial charge in [-0.2, -0.15) is 0 Å². The number of carbonyl (C=O) groups is 1. The van der Waals surface area contributed by atoms with E-state index in [2.05, 4.69) is 25.5 Å². The molecule has 3 aromatic heterocycles. The minimum atomic E-state index is -0.403. The van der Waals surface area contributed by atoms with Crippen LogP contribution in [-0.4, -0.2) is 52.5 Å². The molecule has 0 aromatic carbocycles. The van der Waals surface area contributed by atoms with Gasteiger partial charge in [-0.05, 0) is 49.3 Å². The van der Waals surface area contributed by atoms with Crippen LogP contribution in [-0.2, 0) is 4.74 Å². The zero-order valence-corrected chi connectivity index (χ0v) is 19.4. The number of nitrogens with one attached hydrogen (secondary N) is 1. The van der Waals surface area contributed by atoms with E-state index >= 15 is 0 Å². The summed E-state index contributed by atoms with van der Waals surface area (Å²) >= 11 is 7.23. The summed E-state index contributed by atoms with van der Waals surface area (Å²) in [6.07, 6.45) is 4.26. The number of methoxy groups -OCH3 is 1. The molecule has 0 saturated carbocycles. The molecule has 2 atom stereocenters. The lowest BCUT2D eigenvalue weighted by atomic mass is 9.99. The molecule has 168 valence electrons. The van der Waals surface area contributed by atoms with Crippen molar-refractivity contribution >= 4 is 34.0 Å². The Morgan fingerprint density at radius 3 is 2.94 bits per heavy atom. The monoisotopic (exact) mass is 475 g/mol. The van der Waals surface area contributed by atoms with Crippen LogP contribution in [0.3, 0.4) is 0 Å². The predicted molar refractivity (Wildman–Crippen MR) is 121 cm³/mol. The number of aryl methyl sites for hydroxylation is 1. The molecule has 3 aromatic rings. The van der Waals surface area contributed by atoms with Gasteiger partial charge in [-0.15, -0.1) is 5.10 Å². The van der Waals surface area contributed by atoms with Crippen molar-refractivity contribution in [2.45, 2.75) is 26.4 Å². The van der Waals surface area contributed by atoms with Crippen molar-refractivity contribution in [1.29, 1.82) is 0 Å². The van der Waals surface area contributed by atoms with E-state index in [1.54, 1.807) is 25.3 Å². The first-order chi connectivity index (χ1) is 15.4. The summed E-state index contributed by atoms with van der Waals surface area (Å²) in [5, 5.41) is 11.8. The van der Waals surface area contributed by atoms with Crippen LogP contribution in [0.4, 0.5) is 5.13 Å². The number of pyridine rings is 2. The molecule has 0 spiro atoms. The van der Waals surface area contributed by atoms with Crippen LogP contribution in [0, 0.1) is 12.8 Å². The summed E-state index contributed by atoms with van der Waals surface area (Å²) < 4.78 is 16.8. The van der Waals surface area contributed by atoms with E-state index < -0.39 is 5.91 Å². The highest BCUT2D eigenvalue weighted by atomic mass is 35.5. The topological polar surface area (TPSA) is 108 Å². The molecule has 1 aliphatic heterocycles. The lowest BCUT2D eigenvalue weighted by Crippen LogP contribution is -2.14. The molecule has 9 nitrogen and oxygen atoms in total. The van der Waals surface area contributed by atoms with Gasteiger partial charge in [0.1, 0.15) is 10.9 Å². The first-order valence-corrected chi connectivity index (χ1v) is 11.2. The molecule has 2 unspecified atom stereocenters. The molecule has 0 bridgehead atoms. The molecule has 1 N–H and O–H groups in total. The first-order valence-electron chi connectivity index (χ1n) is 9.99. The Kier molecular flexibility index (Phi) is 6.83. The number of rotatable bonds is 7. The molecule has 0 radical (unpaired) electrons. The van der Waals surface area contributed by atoms with E-state index in [-0.39, 0.29) is 6.10 Å². The summed E-state index contributed by atoms with van der Waals surface area (Å²) in [7, 11) is 1.53. The summed E-state index contributed by atoms with van der Waals surface area (Å²) in [5.41, 5.74) is 2.21. The van der Waals surface area contributed by atoms with Gasteiger partial charge in [0.2, 0.25) is 5.13 Å². The number of carbonyl (C=O) groups excluding carboxylic acids is 1. The maximum atomic E-state index is 13.1. The minimum Gasteiger partial charge on any atom is -0.494 e. The van der Waals surface area contributed by atoms with Crippen LogP contribution < -0.4 is 14.8 Å². The van der Waals surface area contributed by atoms with Gasteiger partial charge in [-0.25, -0.2) is 4.98 Å². The quantitative estimate of drug-likeness (QED) is 0.510. The van der Waals surface area contributed by atoms with Crippen LogP contribution in [0.25, 0.3) is 11.1 Å². The van der Waals surface area contributed by atoms with Crippen molar-refractivity contribution in [3.63, 3.8) is 0 Å². The van der Waals surface area contributed by atoms with Crippen molar-refractivity contribution in [1.82, 2.24) is 20.2 Å². The third-order valence-corrected chi connectivity index (χ3v) is 5.99. The maximum Gasteiger partial charge on any atom is 0.295 e. The minimum absolute atomic E-state index is 0.248. The Morgan fingerprint density at radius 2 is 2.22 bits per heavy atom. The highest BCUT2D eigenvalue weighted by Gasteiger charge is 2.24. The Labute approximate surface area is 194 Å². The van der Waals surface area contributed by atoms with E-state index in [1.165, 1.54) is 13.3 Å². The molecular formula is C21H22ClN5O4S. The standard InChI is InChI=1S/C21H22ClN5O4S/c1-11-6-13(9-30-11)10-31-21-27-26-20(32-21)25-19(28)15-8-24-12(2)18(29-3)17(15)14-4-5-23-16(22)7-14/h4-5,7-8,11,13H,6,9-10H2,1-3H3,(H,25,26,28). The number of aromatic nitrogens is 4. The molecule has 32 heavy (non-hydrogen) atoms. The Hall–Kier alpha value is -2.82. The van der Waals surface area contributed by atoms with Crippen molar-refractivity contribution in [3.8, 4) is 22.1 Å². The normalized spacial score (nSPS) is 17.9. The molecule has 0 aliphatic carbocycles. The molecular weight excluding hydrogens is 454 g/mol. The lowest BCUT2D eigenvalue weighted by Gasteiger charge is -2.15. The van der Waals surface area contributed by atoms with Gasteiger partial charge in [0.25, 0.3) is 11.1 Å². The third kappa shape index (κ3) is 4.98. The second-order valence-electron chi connectivity index (χ2n) is 7.42. The first kappa shape index (κ1) is 22.4. The summed E-state index contributed by atoms with van der Waals surface area (Å²) in [6, 6.07) is 3.42. The molecule has 1 saturated heterocycles. The van der Waals surface area contributed by atoms with E-state index in [9.17, 15) is 4.79 Å². The smallest absolute Gasteiger partial charge is 0.295 e. The van der Waals surface area contributed by atoms with Crippen LogP contribution in [0.15, 0.2) is 24.5 Å². The predicted octanol–water partition coefficient (Wildman–Crippen LogP) is 4.02. The number of halogens is 1. The average Bonchev–Trinajstić information content (AvgIpc) is 3.40. The van der Waals surface area contributed by atoms with Crippen LogP contribution in [0.1, 0.15) is 29.4 Å². The Balaban J connectivity index is 1.53. The number of nitrogens with zero attached hydrogens (tertiary/aromatic N) is 4. The molecule has 1 aliphatic rings. The fourth-order valence-electron chi connectivity index (χ4n) is 3.55. The van der Waals surface area contributed by atoms with Crippen LogP contribution in [0.5, 0.6) is 10.9 Å². The average molecular weight is 476 g/mol. The number of hydrogen-bond donors (Lipinski definition) is 1. The van der Waals surface area contributed by atoms with Gasteiger partial charge in [0.15, 0.2) is 0 Å². The summed E-state index contributed by atoms with van der Waals surface area (Å²) in [5.74, 6) is 0.404. The third-order valence-electron chi connectivity index (χ3n) is 5.03. The fraction of sp³-hybridized carbons (Fsp3) is 0.381. The van der Waals surface area contributed by atoms with Gasteiger partial charge >= 0.3 is 0 Å². The number of hydrogen-bond acceptors (Lipinski definition) is 9. The summed E-state index contributed by atoms with van der Waals surface area (Å²) in [6.45, 7) is 5.02. The summed E-state index contributed by atoms with van der Waals surface area (Å²) in [4.78, 5) is 21.4. The largest absolute Gasteiger partial charge is 0.494 e. The highest BCUT2D eigenvalue weighted by molar-refractivity contribution is 7.17. The van der Waals surface area contributed by atoms with Crippen LogP contribution in [0.2, 0.25) is 5.15 Å². The SMILES string of the molecule is COc1c(C)ncc(C(=O)Nc2nnc(OCC3COC(C)C3)s2)c1-c1ccnc(Cl)c1. The van der Waals surface area contributed by atoms with Crippen molar-refractivity contribution < 1.29 is 19.0 Å². The second kappa shape index (κ2) is 9.76. The number of ether oxygens (including phenoxy) is 3. The highest BCUT2D eigenvalue weighted by Crippen LogP contribution is 2.36. The van der Waals surface area contributed by atoms with Gasteiger partial charge in [0.05, 0.1) is 37.7 Å². The van der Waals surface area contributed by atoms with Gasteiger partial charge in [0, 0.05) is 23.9 Å². The van der Waals surface area contributed by atoms with Crippen LogP contribution >= 0.6 is 22.9 Å². The van der Waals surface area contributed by atoms with Gasteiger partial charge in [-0.3, -0.25) is 15.1 Å². The van der Waals surface area contributed by atoms with Crippen molar-refractivity contribution in [2.24, 2.45) is 5.92 Å². The lowest BCUT2D eigenvalue weighted by molar-refractivity contribution is 0.102. The van der Waals surface area contributed by atoms with E-state index in [0.29, 0.717) is 62.7 Å². The zero-order valence-electron chi connectivity index (χ0n) is 17.8. The van der Waals surface area contributed by atoms with E-state index in [0.717, 1.165) is 17.8 Å². The fourth-order valence-corrected chi connectivity index (χ4v) is 4.32. The van der Waals surface area contributed by atoms with Gasteiger partial charge in [-0.1, -0.05) is 16.7 Å². The second-order valence-corrected chi connectivity index (χ2v) is 8.74. The molecule has 4 rings (SSSR count). The molecule has 1 fully saturated rings. The van der Waals surface area contributed by atoms with Gasteiger partial charge < -0.3 is 14.2 Å². The number of amides is 1. The molecule has 11 heteroatoms.